The van der Waals surface area contributed by atoms with E-state index in [1.165, 1.54) is 0 Å². The van der Waals surface area contributed by atoms with Crippen molar-refractivity contribution >= 4 is 23.5 Å². The van der Waals surface area contributed by atoms with E-state index < -0.39 is 0 Å². The van der Waals surface area contributed by atoms with E-state index >= 15 is 0 Å². The number of hydrogen-bond acceptors (Lipinski definition) is 5. The van der Waals surface area contributed by atoms with Crippen molar-refractivity contribution in [2.75, 3.05) is 18.1 Å². The van der Waals surface area contributed by atoms with Crippen LogP contribution in [-0.4, -0.2) is 27.9 Å². The van der Waals surface area contributed by atoms with Gasteiger partial charge in [0.1, 0.15) is 0 Å². The average molecular weight is 213 g/mol. The van der Waals surface area contributed by atoms with Crippen LogP contribution in [0.25, 0.3) is 0 Å². The Morgan fingerprint density at radius 1 is 1.79 bits per heavy atom. The van der Waals surface area contributed by atoms with Gasteiger partial charge in [0, 0.05) is 12.3 Å². The first-order chi connectivity index (χ1) is 6.74. The summed E-state index contributed by atoms with van der Waals surface area (Å²) in [6, 6.07) is 0. The highest BCUT2D eigenvalue weighted by Crippen LogP contribution is 2.29. The summed E-state index contributed by atoms with van der Waals surface area (Å²) in [6.07, 6.45) is 0. The third kappa shape index (κ3) is 1.35. The highest BCUT2D eigenvalue weighted by molar-refractivity contribution is 7.99. The first-order valence-corrected chi connectivity index (χ1v) is 5.38. The number of nitrogen functional groups attached to an aromatic ring is 1. The van der Waals surface area contributed by atoms with Crippen LogP contribution in [0.15, 0.2) is 5.16 Å². The summed E-state index contributed by atoms with van der Waals surface area (Å²) >= 11 is 1.60. The molecule has 0 radical (unpaired) electrons. The first-order valence-electron chi connectivity index (χ1n) is 4.40. The predicted octanol–water partition coefficient (Wildman–Crippen LogP) is 0.748. The van der Waals surface area contributed by atoms with Crippen molar-refractivity contribution in [1.82, 2.24) is 9.55 Å². The van der Waals surface area contributed by atoms with E-state index in [4.69, 9.17) is 10.5 Å². The molecular formula is C8H11N3O2S. The van der Waals surface area contributed by atoms with Crippen molar-refractivity contribution in [1.29, 1.82) is 0 Å². The summed E-state index contributed by atoms with van der Waals surface area (Å²) < 4.78 is 6.72. The molecule has 1 aromatic heterocycles. The van der Waals surface area contributed by atoms with Crippen molar-refractivity contribution in [2.45, 2.75) is 18.6 Å². The van der Waals surface area contributed by atoms with Crippen molar-refractivity contribution in [3.05, 3.63) is 5.69 Å². The van der Waals surface area contributed by atoms with Gasteiger partial charge in [0.05, 0.1) is 6.61 Å². The Bertz CT molecular complexity index is 375. The zero-order valence-electron chi connectivity index (χ0n) is 7.82. The average Bonchev–Trinajstić information content (AvgIpc) is 2.63. The number of anilines is 1. The highest BCUT2D eigenvalue weighted by Gasteiger charge is 2.25. The molecule has 6 heteroatoms. The maximum atomic E-state index is 11.5. The molecule has 0 aliphatic carbocycles. The number of imidazole rings is 1. The predicted molar refractivity (Wildman–Crippen MR) is 53.3 cm³/mol. The van der Waals surface area contributed by atoms with Gasteiger partial charge in [0.15, 0.2) is 16.7 Å². The van der Waals surface area contributed by atoms with Gasteiger partial charge in [-0.15, -0.1) is 0 Å². The van der Waals surface area contributed by atoms with Gasteiger partial charge < -0.3 is 15.0 Å². The molecule has 1 aliphatic heterocycles. The molecule has 2 rings (SSSR count). The van der Waals surface area contributed by atoms with E-state index in [-0.39, 0.29) is 11.8 Å². The lowest BCUT2D eigenvalue weighted by Gasteiger charge is -2.03. The molecule has 1 aliphatic rings. The minimum Gasteiger partial charge on any atom is -0.461 e. The number of fused-ring (bicyclic) bond motifs is 1. The number of carbonyl (C=O) groups excluding carboxylic acids is 1. The largest absolute Gasteiger partial charge is 0.461 e. The molecule has 0 atom stereocenters. The SMILES string of the molecule is CCOC(=O)c1c(N)nc2n1CCS2. The quantitative estimate of drug-likeness (QED) is 0.734. The third-order valence-electron chi connectivity index (χ3n) is 1.97. The number of aromatic nitrogens is 2. The molecule has 0 bridgehead atoms. The van der Waals surface area contributed by atoms with Crippen LogP contribution in [0.2, 0.25) is 0 Å². The first kappa shape index (κ1) is 9.39. The summed E-state index contributed by atoms with van der Waals surface area (Å²) in [4.78, 5) is 15.6. The normalized spacial score (nSPS) is 14.1. The molecular weight excluding hydrogens is 202 g/mol. The van der Waals surface area contributed by atoms with Crippen molar-refractivity contribution < 1.29 is 9.53 Å². The van der Waals surface area contributed by atoms with Gasteiger partial charge in [-0.05, 0) is 6.92 Å². The fraction of sp³-hybridized carbons (Fsp3) is 0.500. The molecule has 0 saturated heterocycles. The Morgan fingerprint density at radius 2 is 2.57 bits per heavy atom. The molecule has 0 spiro atoms. The molecule has 2 N–H and O–H groups in total. The number of esters is 1. The van der Waals surface area contributed by atoms with Gasteiger partial charge in [-0.1, -0.05) is 11.8 Å². The Labute approximate surface area is 85.6 Å². The highest BCUT2D eigenvalue weighted by atomic mass is 32.2. The van der Waals surface area contributed by atoms with E-state index in [9.17, 15) is 4.79 Å². The van der Waals surface area contributed by atoms with Crippen molar-refractivity contribution in [3.8, 4) is 0 Å². The molecule has 76 valence electrons. The summed E-state index contributed by atoms with van der Waals surface area (Å²) in [7, 11) is 0. The van der Waals surface area contributed by atoms with Crippen LogP contribution in [0.1, 0.15) is 17.4 Å². The minimum absolute atomic E-state index is 0.269. The summed E-state index contributed by atoms with van der Waals surface area (Å²) in [6.45, 7) is 2.90. The monoisotopic (exact) mass is 213 g/mol. The molecule has 1 aromatic rings. The topological polar surface area (TPSA) is 70.1 Å². The number of ether oxygens (including phenoxy) is 1. The number of hydrogen-bond donors (Lipinski definition) is 1. The second-order valence-corrected chi connectivity index (χ2v) is 3.91. The number of nitrogens with two attached hydrogens (primary N) is 1. The molecule has 0 aromatic carbocycles. The van der Waals surface area contributed by atoms with E-state index in [0.717, 1.165) is 17.5 Å². The number of carbonyl (C=O) groups is 1. The molecule has 0 saturated carbocycles. The number of thioether (sulfide) groups is 1. The summed E-state index contributed by atoms with van der Waals surface area (Å²) in [5.74, 6) is 0.826. The van der Waals surface area contributed by atoms with E-state index in [2.05, 4.69) is 4.98 Å². The van der Waals surface area contributed by atoms with E-state index in [0.29, 0.717) is 12.3 Å². The van der Waals surface area contributed by atoms with Crippen LogP contribution in [0.4, 0.5) is 5.82 Å². The maximum Gasteiger partial charge on any atom is 0.358 e. The Kier molecular flexibility index (Phi) is 2.37. The second kappa shape index (κ2) is 3.53. The molecule has 2 heterocycles. The zero-order valence-corrected chi connectivity index (χ0v) is 8.63. The smallest absolute Gasteiger partial charge is 0.358 e. The lowest BCUT2D eigenvalue weighted by atomic mass is 10.4. The van der Waals surface area contributed by atoms with Crippen LogP contribution in [-0.2, 0) is 11.3 Å². The fourth-order valence-electron chi connectivity index (χ4n) is 1.41. The van der Waals surface area contributed by atoms with Gasteiger partial charge in [-0.25, -0.2) is 9.78 Å². The van der Waals surface area contributed by atoms with E-state index in [1.807, 2.05) is 4.57 Å². The summed E-state index contributed by atoms with van der Waals surface area (Å²) in [5.41, 5.74) is 6.03. The molecule has 14 heavy (non-hydrogen) atoms. The fourth-order valence-corrected chi connectivity index (χ4v) is 2.37. The zero-order chi connectivity index (χ0) is 10.1. The van der Waals surface area contributed by atoms with Gasteiger partial charge in [0.25, 0.3) is 0 Å². The Morgan fingerprint density at radius 3 is 3.29 bits per heavy atom. The minimum atomic E-state index is -0.383. The van der Waals surface area contributed by atoms with Gasteiger partial charge in [-0.3, -0.25) is 0 Å². The van der Waals surface area contributed by atoms with Crippen molar-refractivity contribution in [2.24, 2.45) is 0 Å². The molecule has 0 fully saturated rings. The Balaban J connectivity index is 2.37. The lowest BCUT2D eigenvalue weighted by Crippen LogP contribution is -2.13. The second-order valence-electron chi connectivity index (χ2n) is 2.85. The van der Waals surface area contributed by atoms with Crippen LogP contribution >= 0.6 is 11.8 Å². The van der Waals surface area contributed by atoms with Crippen LogP contribution in [0.3, 0.4) is 0 Å². The molecule has 0 unspecified atom stereocenters. The maximum absolute atomic E-state index is 11.5. The Hall–Kier alpha value is -1.17. The van der Waals surface area contributed by atoms with Gasteiger partial charge in [-0.2, -0.15) is 0 Å². The van der Waals surface area contributed by atoms with Gasteiger partial charge >= 0.3 is 5.97 Å². The standard InChI is InChI=1S/C8H11N3O2S/c1-2-13-7(12)5-6(9)10-8-11(5)3-4-14-8/h2-4,9H2,1H3. The molecule has 0 amide bonds. The van der Waals surface area contributed by atoms with E-state index in [1.54, 1.807) is 18.7 Å². The molecule has 5 nitrogen and oxygen atoms in total. The third-order valence-corrected chi connectivity index (χ3v) is 2.93. The number of nitrogens with zero attached hydrogens (tertiary/aromatic N) is 2. The van der Waals surface area contributed by atoms with Crippen LogP contribution in [0, 0.1) is 0 Å². The van der Waals surface area contributed by atoms with Gasteiger partial charge in [0.2, 0.25) is 0 Å². The van der Waals surface area contributed by atoms with Crippen molar-refractivity contribution in [3.63, 3.8) is 0 Å². The van der Waals surface area contributed by atoms with Crippen LogP contribution < -0.4 is 5.73 Å². The number of rotatable bonds is 2. The lowest BCUT2D eigenvalue weighted by molar-refractivity contribution is 0.0514. The summed E-state index contributed by atoms with van der Waals surface area (Å²) in [5, 5.41) is 0.811. The van der Waals surface area contributed by atoms with Crippen LogP contribution in [0.5, 0.6) is 0 Å².